The second-order valence-electron chi connectivity index (χ2n) is 6.48. The van der Waals surface area contributed by atoms with Gasteiger partial charge < -0.3 is 15.5 Å². The fourth-order valence-corrected chi connectivity index (χ4v) is 3.30. The normalized spacial score (nSPS) is 11.2. The highest BCUT2D eigenvalue weighted by molar-refractivity contribution is 7.17. The molecule has 1 amide bonds. The number of nitrogens with one attached hydrogen (secondary N) is 2. The van der Waals surface area contributed by atoms with Crippen molar-refractivity contribution in [1.29, 1.82) is 0 Å². The average Bonchev–Trinajstić information content (AvgIpc) is 3.14. The number of rotatable bonds is 6. The number of anilines is 3. The monoisotopic (exact) mass is 420 g/mol. The quantitative estimate of drug-likeness (QED) is 0.596. The zero-order valence-corrected chi connectivity index (χ0v) is 16.6. The first-order valence-electron chi connectivity index (χ1n) is 8.67. The molecule has 0 radical (unpaired) electrons. The van der Waals surface area contributed by atoms with Crippen LogP contribution in [0.2, 0.25) is 0 Å². The van der Waals surface area contributed by atoms with Gasteiger partial charge in [-0.1, -0.05) is 29.5 Å². The number of amides is 1. The maximum atomic E-state index is 12.8. The number of hydrogen-bond donors (Lipinski definition) is 2. The van der Waals surface area contributed by atoms with E-state index in [2.05, 4.69) is 15.6 Å². The topological polar surface area (TPSA) is 57.3 Å². The van der Waals surface area contributed by atoms with Gasteiger partial charge in [-0.3, -0.25) is 4.79 Å². The maximum absolute atomic E-state index is 12.8. The highest BCUT2D eigenvalue weighted by atomic mass is 32.1. The van der Waals surface area contributed by atoms with Gasteiger partial charge in [-0.2, -0.15) is 13.2 Å². The number of nitrogens with zero attached hydrogens (tertiary/aromatic N) is 2. The molecule has 152 valence electrons. The molecule has 3 rings (SSSR count). The molecule has 0 atom stereocenters. The molecule has 0 spiro atoms. The molecular weight excluding hydrogens is 401 g/mol. The third-order valence-electron chi connectivity index (χ3n) is 4.05. The van der Waals surface area contributed by atoms with E-state index in [0.717, 1.165) is 34.8 Å². The van der Waals surface area contributed by atoms with Crippen LogP contribution in [0.25, 0.3) is 0 Å². The van der Waals surface area contributed by atoms with Gasteiger partial charge in [0.1, 0.15) is 4.88 Å². The molecule has 9 heteroatoms. The molecule has 2 N–H and O–H groups in total. The molecule has 2 aromatic carbocycles. The molecule has 0 unspecified atom stereocenters. The largest absolute Gasteiger partial charge is 0.416 e. The maximum Gasteiger partial charge on any atom is 0.416 e. The molecule has 0 aliphatic heterocycles. The SMILES string of the molecule is CN(C)c1cccc(Nc2ncc(C(=O)NCc3cccc(C(F)(F)F)c3)s2)c1. The summed E-state index contributed by atoms with van der Waals surface area (Å²) in [5.41, 5.74) is 1.48. The summed E-state index contributed by atoms with van der Waals surface area (Å²) < 4.78 is 38.3. The molecule has 0 saturated heterocycles. The van der Waals surface area contributed by atoms with Crippen molar-refractivity contribution in [2.75, 3.05) is 24.3 Å². The van der Waals surface area contributed by atoms with Crippen LogP contribution in [0.4, 0.5) is 29.7 Å². The Morgan fingerprint density at radius 1 is 1.14 bits per heavy atom. The van der Waals surface area contributed by atoms with Gasteiger partial charge in [0.05, 0.1) is 11.8 Å². The second-order valence-corrected chi connectivity index (χ2v) is 7.51. The number of thiazole rings is 1. The van der Waals surface area contributed by atoms with Crippen molar-refractivity contribution in [2.24, 2.45) is 0 Å². The molecule has 0 aliphatic carbocycles. The summed E-state index contributed by atoms with van der Waals surface area (Å²) in [5.74, 6) is -0.394. The van der Waals surface area contributed by atoms with E-state index < -0.39 is 17.6 Å². The van der Waals surface area contributed by atoms with Crippen molar-refractivity contribution in [3.8, 4) is 0 Å². The Kier molecular flexibility index (Phi) is 6.07. The van der Waals surface area contributed by atoms with E-state index in [9.17, 15) is 18.0 Å². The second kappa shape index (κ2) is 8.52. The van der Waals surface area contributed by atoms with E-state index in [1.807, 2.05) is 43.3 Å². The molecule has 0 fully saturated rings. The van der Waals surface area contributed by atoms with E-state index in [-0.39, 0.29) is 6.54 Å². The highest BCUT2D eigenvalue weighted by Crippen LogP contribution is 2.29. The third kappa shape index (κ3) is 5.47. The third-order valence-corrected chi connectivity index (χ3v) is 4.96. The molecule has 3 aromatic rings. The smallest absolute Gasteiger partial charge is 0.378 e. The van der Waals surface area contributed by atoms with Crippen LogP contribution in [0.3, 0.4) is 0 Å². The van der Waals surface area contributed by atoms with Crippen molar-refractivity contribution in [3.63, 3.8) is 0 Å². The zero-order valence-electron chi connectivity index (χ0n) is 15.7. The predicted molar refractivity (Wildman–Crippen MR) is 109 cm³/mol. The Morgan fingerprint density at radius 2 is 1.90 bits per heavy atom. The van der Waals surface area contributed by atoms with Crippen LogP contribution >= 0.6 is 11.3 Å². The van der Waals surface area contributed by atoms with Crippen LogP contribution in [-0.2, 0) is 12.7 Å². The van der Waals surface area contributed by atoms with E-state index in [0.29, 0.717) is 15.6 Å². The Balaban J connectivity index is 1.62. The molecule has 0 saturated carbocycles. The van der Waals surface area contributed by atoms with Gasteiger partial charge >= 0.3 is 6.18 Å². The lowest BCUT2D eigenvalue weighted by Crippen LogP contribution is -2.22. The number of aromatic nitrogens is 1. The van der Waals surface area contributed by atoms with Gasteiger partial charge in [0.15, 0.2) is 5.13 Å². The molecule has 0 aliphatic rings. The summed E-state index contributed by atoms with van der Waals surface area (Å²) in [6, 6.07) is 12.6. The molecule has 1 aromatic heterocycles. The summed E-state index contributed by atoms with van der Waals surface area (Å²) in [5, 5.41) is 6.32. The summed E-state index contributed by atoms with van der Waals surface area (Å²) >= 11 is 1.16. The predicted octanol–water partition coefficient (Wildman–Crippen LogP) is 4.90. The van der Waals surface area contributed by atoms with Gasteiger partial charge in [0.2, 0.25) is 0 Å². The molecule has 5 nitrogen and oxygen atoms in total. The van der Waals surface area contributed by atoms with Gasteiger partial charge in [0.25, 0.3) is 5.91 Å². The minimum Gasteiger partial charge on any atom is -0.378 e. The van der Waals surface area contributed by atoms with Crippen LogP contribution in [-0.4, -0.2) is 25.0 Å². The van der Waals surface area contributed by atoms with Crippen molar-refractivity contribution >= 4 is 33.8 Å². The first kappa shape index (κ1) is 20.7. The van der Waals surface area contributed by atoms with Crippen LogP contribution in [0.5, 0.6) is 0 Å². The lowest BCUT2D eigenvalue weighted by atomic mass is 10.1. The Labute approximate surface area is 170 Å². The first-order valence-corrected chi connectivity index (χ1v) is 9.48. The highest BCUT2D eigenvalue weighted by Gasteiger charge is 2.30. The van der Waals surface area contributed by atoms with E-state index in [4.69, 9.17) is 0 Å². The minimum atomic E-state index is -4.41. The van der Waals surface area contributed by atoms with Crippen molar-refractivity contribution < 1.29 is 18.0 Å². The van der Waals surface area contributed by atoms with E-state index in [1.165, 1.54) is 18.3 Å². The fraction of sp³-hybridized carbons (Fsp3) is 0.200. The van der Waals surface area contributed by atoms with Gasteiger partial charge in [0, 0.05) is 32.0 Å². The number of hydrogen-bond acceptors (Lipinski definition) is 5. The molecular formula is C20H19F3N4OS. The van der Waals surface area contributed by atoms with Crippen LogP contribution < -0.4 is 15.5 Å². The lowest BCUT2D eigenvalue weighted by Gasteiger charge is -2.13. The molecule has 1 heterocycles. The summed E-state index contributed by atoms with van der Waals surface area (Å²) in [6.45, 7) is -0.00566. The number of alkyl halides is 3. The Morgan fingerprint density at radius 3 is 2.62 bits per heavy atom. The summed E-state index contributed by atoms with van der Waals surface area (Å²) in [6.07, 6.45) is -2.98. The van der Waals surface area contributed by atoms with Crippen molar-refractivity contribution in [1.82, 2.24) is 10.3 Å². The number of carbonyl (C=O) groups excluding carboxylic acids is 1. The van der Waals surface area contributed by atoms with Crippen LogP contribution in [0.1, 0.15) is 20.8 Å². The molecule has 0 bridgehead atoms. The van der Waals surface area contributed by atoms with Crippen LogP contribution in [0, 0.1) is 0 Å². The van der Waals surface area contributed by atoms with Gasteiger partial charge in [-0.15, -0.1) is 0 Å². The summed E-state index contributed by atoms with van der Waals surface area (Å²) in [4.78, 5) is 18.8. The number of halogens is 3. The molecule has 29 heavy (non-hydrogen) atoms. The zero-order chi connectivity index (χ0) is 21.0. The Bertz CT molecular complexity index is 1000. The van der Waals surface area contributed by atoms with Crippen molar-refractivity contribution in [2.45, 2.75) is 12.7 Å². The van der Waals surface area contributed by atoms with Gasteiger partial charge in [-0.25, -0.2) is 4.98 Å². The van der Waals surface area contributed by atoms with E-state index in [1.54, 1.807) is 0 Å². The lowest BCUT2D eigenvalue weighted by molar-refractivity contribution is -0.137. The number of carbonyl (C=O) groups is 1. The van der Waals surface area contributed by atoms with Crippen molar-refractivity contribution in [3.05, 3.63) is 70.7 Å². The average molecular weight is 420 g/mol. The number of benzene rings is 2. The first-order chi connectivity index (χ1) is 13.7. The van der Waals surface area contributed by atoms with Gasteiger partial charge in [-0.05, 0) is 35.9 Å². The standard InChI is InChI=1S/C20H19F3N4OS/c1-27(2)16-8-4-7-15(10-16)26-19-25-12-17(29-19)18(28)24-11-13-5-3-6-14(9-13)20(21,22)23/h3-10,12H,11H2,1-2H3,(H,24,28)(H,25,26). The van der Waals surface area contributed by atoms with E-state index >= 15 is 0 Å². The fourth-order valence-electron chi connectivity index (χ4n) is 2.55. The van der Waals surface area contributed by atoms with Crippen LogP contribution in [0.15, 0.2) is 54.7 Å². The minimum absolute atomic E-state index is 0.00566. The Hall–Kier alpha value is -3.07. The summed E-state index contributed by atoms with van der Waals surface area (Å²) in [7, 11) is 3.88.